The first-order valence-electron chi connectivity index (χ1n) is 7.94. The van der Waals surface area contributed by atoms with Crippen LogP contribution < -0.4 is 0 Å². The van der Waals surface area contributed by atoms with Crippen molar-refractivity contribution in [3.05, 3.63) is 81.7 Å². The molecule has 0 aliphatic carbocycles. The van der Waals surface area contributed by atoms with Crippen molar-refractivity contribution in [1.82, 2.24) is 19.9 Å². The maximum Gasteiger partial charge on any atom is 0.276 e. The number of rotatable bonds is 5. The molecule has 1 heterocycles. The lowest BCUT2D eigenvalue weighted by Crippen LogP contribution is -2.27. The number of nitro benzene ring substituents is 1. The van der Waals surface area contributed by atoms with Gasteiger partial charge in [-0.3, -0.25) is 14.9 Å². The van der Waals surface area contributed by atoms with Gasteiger partial charge in [0.15, 0.2) is 5.69 Å². The van der Waals surface area contributed by atoms with Crippen LogP contribution in [0.2, 0.25) is 0 Å². The van der Waals surface area contributed by atoms with Crippen molar-refractivity contribution in [2.75, 3.05) is 7.05 Å². The summed E-state index contributed by atoms with van der Waals surface area (Å²) in [6.45, 7) is 1.96. The van der Waals surface area contributed by atoms with Crippen molar-refractivity contribution < 1.29 is 9.72 Å². The SMILES string of the molecule is Cc1nn(-c2ccccc2)nc1C(=O)N(C)Cc1cccc([N+](=O)[O-])c1. The van der Waals surface area contributed by atoms with E-state index in [4.69, 9.17) is 0 Å². The molecule has 0 unspecified atom stereocenters. The van der Waals surface area contributed by atoms with Gasteiger partial charge in [0.05, 0.1) is 16.3 Å². The number of hydrogen-bond acceptors (Lipinski definition) is 5. The Morgan fingerprint density at radius 2 is 1.88 bits per heavy atom. The van der Waals surface area contributed by atoms with Gasteiger partial charge < -0.3 is 4.90 Å². The summed E-state index contributed by atoms with van der Waals surface area (Å²) in [6.07, 6.45) is 0. The van der Waals surface area contributed by atoms with Gasteiger partial charge in [-0.05, 0) is 24.6 Å². The van der Waals surface area contributed by atoms with E-state index in [9.17, 15) is 14.9 Å². The number of aryl methyl sites for hydroxylation is 1. The van der Waals surface area contributed by atoms with E-state index in [0.29, 0.717) is 11.3 Å². The smallest absolute Gasteiger partial charge is 0.276 e. The second-order valence-electron chi connectivity index (χ2n) is 5.85. The summed E-state index contributed by atoms with van der Waals surface area (Å²) in [4.78, 5) is 26.0. The van der Waals surface area contributed by atoms with Crippen LogP contribution in [0, 0.1) is 17.0 Å². The molecule has 2 aromatic carbocycles. The first-order valence-corrected chi connectivity index (χ1v) is 7.94. The number of nitrogens with zero attached hydrogens (tertiary/aromatic N) is 5. The van der Waals surface area contributed by atoms with Gasteiger partial charge in [-0.2, -0.15) is 9.90 Å². The normalized spacial score (nSPS) is 10.5. The minimum atomic E-state index is -0.457. The number of carbonyl (C=O) groups is 1. The molecule has 132 valence electrons. The predicted molar refractivity (Wildman–Crippen MR) is 95.0 cm³/mol. The van der Waals surface area contributed by atoms with Crippen LogP contribution in [0.25, 0.3) is 5.69 Å². The summed E-state index contributed by atoms with van der Waals surface area (Å²) in [5.41, 5.74) is 2.19. The van der Waals surface area contributed by atoms with Gasteiger partial charge in [-0.25, -0.2) is 0 Å². The Morgan fingerprint density at radius 1 is 1.15 bits per heavy atom. The third kappa shape index (κ3) is 3.59. The highest BCUT2D eigenvalue weighted by molar-refractivity contribution is 5.93. The number of hydrogen-bond donors (Lipinski definition) is 0. The highest BCUT2D eigenvalue weighted by Gasteiger charge is 2.20. The van der Waals surface area contributed by atoms with E-state index in [2.05, 4.69) is 10.2 Å². The minimum Gasteiger partial charge on any atom is -0.336 e. The van der Waals surface area contributed by atoms with Crippen molar-refractivity contribution in [2.45, 2.75) is 13.5 Å². The molecule has 3 rings (SSSR count). The molecule has 0 saturated carbocycles. The zero-order chi connectivity index (χ0) is 18.7. The third-order valence-corrected chi connectivity index (χ3v) is 3.86. The summed E-state index contributed by atoms with van der Waals surface area (Å²) in [5.74, 6) is -0.295. The van der Waals surface area contributed by atoms with Crippen molar-refractivity contribution in [2.24, 2.45) is 0 Å². The number of nitro groups is 1. The largest absolute Gasteiger partial charge is 0.336 e. The lowest BCUT2D eigenvalue weighted by Gasteiger charge is -2.16. The number of amides is 1. The van der Waals surface area contributed by atoms with Crippen LogP contribution in [-0.2, 0) is 6.54 Å². The van der Waals surface area contributed by atoms with Gasteiger partial charge in [-0.15, -0.1) is 5.10 Å². The van der Waals surface area contributed by atoms with E-state index in [0.717, 1.165) is 5.69 Å². The minimum absolute atomic E-state index is 0.00504. The molecular formula is C18H17N5O3. The Labute approximate surface area is 149 Å². The topological polar surface area (TPSA) is 94.2 Å². The molecule has 8 heteroatoms. The van der Waals surface area contributed by atoms with Gasteiger partial charge in [0, 0.05) is 25.7 Å². The quantitative estimate of drug-likeness (QED) is 0.520. The van der Waals surface area contributed by atoms with Crippen LogP contribution in [0.5, 0.6) is 0 Å². The molecule has 3 aromatic rings. The van der Waals surface area contributed by atoms with Crippen LogP contribution in [-0.4, -0.2) is 37.8 Å². The maximum absolute atomic E-state index is 12.7. The van der Waals surface area contributed by atoms with Gasteiger partial charge >= 0.3 is 0 Å². The molecule has 0 radical (unpaired) electrons. The molecule has 26 heavy (non-hydrogen) atoms. The van der Waals surface area contributed by atoms with Crippen molar-refractivity contribution in [1.29, 1.82) is 0 Å². The fourth-order valence-electron chi connectivity index (χ4n) is 2.55. The number of non-ortho nitro benzene ring substituents is 1. The van der Waals surface area contributed by atoms with Crippen LogP contribution in [0.4, 0.5) is 5.69 Å². The molecule has 1 amide bonds. The highest BCUT2D eigenvalue weighted by atomic mass is 16.6. The molecule has 0 atom stereocenters. The van der Waals surface area contributed by atoms with Gasteiger partial charge in [0.25, 0.3) is 11.6 Å². The van der Waals surface area contributed by atoms with Crippen LogP contribution in [0.1, 0.15) is 21.7 Å². The van der Waals surface area contributed by atoms with Crippen molar-refractivity contribution in [3.8, 4) is 5.69 Å². The summed E-state index contributed by atoms with van der Waals surface area (Å²) >= 11 is 0. The number of carbonyl (C=O) groups excluding carboxylic acids is 1. The lowest BCUT2D eigenvalue weighted by molar-refractivity contribution is -0.384. The molecule has 0 fully saturated rings. The highest BCUT2D eigenvalue weighted by Crippen LogP contribution is 2.16. The molecule has 0 bridgehead atoms. The fourth-order valence-corrected chi connectivity index (χ4v) is 2.55. The Hall–Kier alpha value is -3.55. The molecule has 0 aliphatic heterocycles. The Bertz CT molecular complexity index is 952. The van der Waals surface area contributed by atoms with Crippen LogP contribution in [0.3, 0.4) is 0 Å². The molecule has 0 N–H and O–H groups in total. The predicted octanol–water partition coefficient (Wildman–Crippen LogP) is 2.76. The number of benzene rings is 2. The lowest BCUT2D eigenvalue weighted by atomic mass is 10.2. The number of aromatic nitrogens is 3. The van der Waals surface area contributed by atoms with Gasteiger partial charge in [0.2, 0.25) is 0 Å². The van der Waals surface area contributed by atoms with E-state index in [1.54, 1.807) is 26.1 Å². The van der Waals surface area contributed by atoms with Gasteiger partial charge in [-0.1, -0.05) is 30.3 Å². The monoisotopic (exact) mass is 351 g/mol. The Morgan fingerprint density at radius 3 is 2.58 bits per heavy atom. The van der Waals surface area contributed by atoms with Crippen LogP contribution >= 0.6 is 0 Å². The molecular weight excluding hydrogens is 334 g/mol. The third-order valence-electron chi connectivity index (χ3n) is 3.86. The molecule has 0 saturated heterocycles. The van der Waals surface area contributed by atoms with Crippen molar-refractivity contribution in [3.63, 3.8) is 0 Å². The summed E-state index contributed by atoms with van der Waals surface area (Å²) in [7, 11) is 1.63. The maximum atomic E-state index is 12.7. The summed E-state index contributed by atoms with van der Waals surface area (Å²) in [6, 6.07) is 15.5. The van der Waals surface area contributed by atoms with Crippen molar-refractivity contribution >= 4 is 11.6 Å². The Kier molecular flexibility index (Phi) is 4.74. The van der Waals surface area contributed by atoms with E-state index >= 15 is 0 Å². The van der Waals surface area contributed by atoms with E-state index in [1.165, 1.54) is 21.8 Å². The average Bonchev–Trinajstić information content (AvgIpc) is 3.03. The molecule has 1 aromatic heterocycles. The first-order chi connectivity index (χ1) is 12.5. The summed E-state index contributed by atoms with van der Waals surface area (Å²) < 4.78 is 0. The second-order valence-corrected chi connectivity index (χ2v) is 5.85. The van der Waals surface area contributed by atoms with E-state index in [1.807, 2.05) is 30.3 Å². The molecule has 0 spiro atoms. The molecule has 8 nitrogen and oxygen atoms in total. The Balaban J connectivity index is 1.80. The second kappa shape index (κ2) is 7.14. The standard InChI is InChI=1S/C18H17N5O3/c1-13-17(20-22(19-13)15-8-4-3-5-9-15)18(24)21(2)12-14-7-6-10-16(11-14)23(25)26/h3-11H,12H2,1-2H3. The zero-order valence-corrected chi connectivity index (χ0v) is 14.4. The molecule has 0 aliphatic rings. The van der Waals surface area contributed by atoms with Crippen LogP contribution in [0.15, 0.2) is 54.6 Å². The zero-order valence-electron chi connectivity index (χ0n) is 14.4. The first kappa shape index (κ1) is 17.3. The average molecular weight is 351 g/mol. The van der Waals surface area contributed by atoms with E-state index in [-0.39, 0.29) is 23.8 Å². The van der Waals surface area contributed by atoms with Gasteiger partial charge in [0.1, 0.15) is 0 Å². The fraction of sp³-hybridized carbons (Fsp3) is 0.167. The summed E-state index contributed by atoms with van der Waals surface area (Å²) in [5, 5.41) is 19.5. The number of para-hydroxylation sites is 1. The van der Waals surface area contributed by atoms with E-state index < -0.39 is 4.92 Å².